The van der Waals surface area contributed by atoms with Crippen LogP contribution < -0.4 is 15.4 Å². The molecule has 1 fully saturated rings. The summed E-state index contributed by atoms with van der Waals surface area (Å²) in [5, 5.41) is 8.46. The van der Waals surface area contributed by atoms with E-state index in [1.165, 1.54) is 12.1 Å². The quantitative estimate of drug-likeness (QED) is 0.744. The third-order valence-electron chi connectivity index (χ3n) is 5.93. The molecule has 1 aromatic carbocycles. The number of nitrogens with two attached hydrogens (primary N) is 1. The maximum absolute atomic E-state index is 13.4. The van der Waals surface area contributed by atoms with Crippen LogP contribution in [0, 0.1) is 12.3 Å². The van der Waals surface area contributed by atoms with Crippen molar-refractivity contribution in [2.24, 2.45) is 10.6 Å². The molecule has 4 rings (SSSR count). The number of rotatable bonds is 4. The maximum atomic E-state index is 13.4. The zero-order valence-electron chi connectivity index (χ0n) is 18.1. The number of ether oxygens (including phenoxy) is 1. The molecular weight excluding hydrogens is 418 g/mol. The van der Waals surface area contributed by atoms with Crippen LogP contribution in [0.15, 0.2) is 33.6 Å². The van der Waals surface area contributed by atoms with Gasteiger partial charge in [-0.15, -0.1) is 0 Å². The van der Waals surface area contributed by atoms with E-state index in [1.807, 2.05) is 17.9 Å². The van der Waals surface area contributed by atoms with Crippen LogP contribution in [-0.2, 0) is 21.2 Å². The highest BCUT2D eigenvalue weighted by molar-refractivity contribution is 7.89. The molecule has 2 aliphatic rings. The molecular formula is C22H29N3O5S. The summed E-state index contributed by atoms with van der Waals surface area (Å²) in [6.07, 6.45) is 1.56. The number of hydrogen-bond donors (Lipinski definition) is 2. The average Bonchev–Trinajstić information content (AvgIpc) is 3.06. The molecule has 1 amide bonds. The van der Waals surface area contributed by atoms with Crippen LogP contribution in [0.2, 0.25) is 0 Å². The summed E-state index contributed by atoms with van der Waals surface area (Å²) < 4.78 is 35.2. The van der Waals surface area contributed by atoms with Gasteiger partial charge in [-0.1, -0.05) is 13.8 Å². The minimum absolute atomic E-state index is 0.0370. The number of benzene rings is 1. The third-order valence-corrected chi connectivity index (χ3v) is 6.85. The van der Waals surface area contributed by atoms with Crippen molar-refractivity contribution in [2.45, 2.75) is 44.6 Å². The van der Waals surface area contributed by atoms with Gasteiger partial charge >= 0.3 is 0 Å². The van der Waals surface area contributed by atoms with E-state index in [0.717, 1.165) is 29.9 Å². The number of aryl methyl sites for hydroxylation is 1. The average molecular weight is 448 g/mol. The van der Waals surface area contributed by atoms with Crippen LogP contribution in [0.25, 0.3) is 0 Å². The SMILES string of the molecule is Cc1cc2c(o1)CC(C)(C)CC2NC(=O)c1cc(S(N)(=O)=O)ccc1N1CCOCC1. The van der Waals surface area contributed by atoms with Crippen molar-refractivity contribution in [1.82, 2.24) is 5.32 Å². The lowest BCUT2D eigenvalue weighted by Gasteiger charge is -2.35. The molecule has 2 heterocycles. The second-order valence-corrected chi connectivity index (χ2v) is 10.7. The Morgan fingerprint density at radius 1 is 1.23 bits per heavy atom. The Morgan fingerprint density at radius 2 is 1.94 bits per heavy atom. The van der Waals surface area contributed by atoms with E-state index in [1.54, 1.807) is 6.07 Å². The van der Waals surface area contributed by atoms with Crippen LogP contribution in [0.1, 0.15) is 53.8 Å². The zero-order chi connectivity index (χ0) is 22.4. The number of morpholine rings is 1. The van der Waals surface area contributed by atoms with E-state index in [-0.39, 0.29) is 22.3 Å². The topological polar surface area (TPSA) is 115 Å². The largest absolute Gasteiger partial charge is 0.466 e. The molecule has 1 aromatic heterocycles. The number of anilines is 1. The number of fused-ring (bicyclic) bond motifs is 1. The fourth-order valence-electron chi connectivity index (χ4n) is 4.50. The molecule has 1 atom stereocenters. The number of primary sulfonamides is 1. The number of carbonyl (C=O) groups excluding carboxylic acids is 1. The number of amides is 1. The second-order valence-electron chi connectivity index (χ2n) is 9.13. The van der Waals surface area contributed by atoms with Crippen molar-refractivity contribution in [2.75, 3.05) is 31.2 Å². The first-order valence-electron chi connectivity index (χ1n) is 10.4. The molecule has 0 radical (unpaired) electrons. The lowest BCUT2D eigenvalue weighted by atomic mass is 9.74. The molecule has 8 nitrogen and oxygen atoms in total. The van der Waals surface area contributed by atoms with Gasteiger partial charge in [0, 0.05) is 30.8 Å². The van der Waals surface area contributed by atoms with E-state index in [2.05, 4.69) is 19.2 Å². The number of sulfonamides is 1. The summed E-state index contributed by atoms with van der Waals surface area (Å²) in [5.41, 5.74) is 1.91. The van der Waals surface area contributed by atoms with Gasteiger partial charge in [0.15, 0.2) is 0 Å². The Morgan fingerprint density at radius 3 is 2.61 bits per heavy atom. The predicted molar refractivity (Wildman–Crippen MR) is 117 cm³/mol. The van der Waals surface area contributed by atoms with Gasteiger partial charge in [-0.3, -0.25) is 4.79 Å². The van der Waals surface area contributed by atoms with Gasteiger partial charge in [-0.05, 0) is 43.0 Å². The highest BCUT2D eigenvalue weighted by Crippen LogP contribution is 2.42. The molecule has 1 aliphatic heterocycles. The number of nitrogens with one attached hydrogen (secondary N) is 1. The molecule has 0 saturated carbocycles. The zero-order valence-corrected chi connectivity index (χ0v) is 18.9. The standard InChI is InChI=1S/C22H29N3O5S/c1-14-10-16-18(12-22(2,3)13-20(16)30-14)24-21(26)17-11-15(31(23,27)28)4-5-19(17)25-6-8-29-9-7-25/h4-5,10-11,18H,6-9,12-13H2,1-3H3,(H,24,26)(H2,23,27,28). The Labute approximate surface area is 182 Å². The summed E-state index contributed by atoms with van der Waals surface area (Å²) in [6.45, 7) is 8.53. The van der Waals surface area contributed by atoms with Crippen molar-refractivity contribution in [3.8, 4) is 0 Å². The van der Waals surface area contributed by atoms with Crippen molar-refractivity contribution in [1.29, 1.82) is 0 Å². The van der Waals surface area contributed by atoms with Crippen LogP contribution in [0.5, 0.6) is 0 Å². The molecule has 9 heteroatoms. The van der Waals surface area contributed by atoms with E-state index in [0.29, 0.717) is 37.6 Å². The molecule has 0 bridgehead atoms. The van der Waals surface area contributed by atoms with Gasteiger partial charge in [0.05, 0.1) is 29.7 Å². The summed E-state index contributed by atoms with van der Waals surface area (Å²) >= 11 is 0. The third kappa shape index (κ3) is 4.63. The first kappa shape index (κ1) is 21.9. The molecule has 2 aromatic rings. The monoisotopic (exact) mass is 447 g/mol. The second kappa shape index (κ2) is 7.96. The van der Waals surface area contributed by atoms with Crippen LogP contribution in [-0.4, -0.2) is 40.6 Å². The molecule has 1 unspecified atom stereocenters. The van der Waals surface area contributed by atoms with E-state index in [4.69, 9.17) is 14.3 Å². The Kier molecular flexibility index (Phi) is 5.61. The van der Waals surface area contributed by atoms with E-state index in [9.17, 15) is 13.2 Å². The van der Waals surface area contributed by atoms with Crippen molar-refractivity contribution in [3.63, 3.8) is 0 Å². The van der Waals surface area contributed by atoms with Crippen LogP contribution in [0.4, 0.5) is 5.69 Å². The molecule has 0 spiro atoms. The highest BCUT2D eigenvalue weighted by Gasteiger charge is 2.36. The summed E-state index contributed by atoms with van der Waals surface area (Å²) in [7, 11) is -3.94. The van der Waals surface area contributed by atoms with Gasteiger partial charge < -0.3 is 19.4 Å². The molecule has 168 valence electrons. The summed E-state index contributed by atoms with van der Waals surface area (Å²) in [4.78, 5) is 15.4. The number of furan rings is 1. The lowest BCUT2D eigenvalue weighted by molar-refractivity contribution is 0.0916. The van der Waals surface area contributed by atoms with Gasteiger partial charge in [0.1, 0.15) is 11.5 Å². The number of hydrogen-bond acceptors (Lipinski definition) is 6. The van der Waals surface area contributed by atoms with Gasteiger partial charge in [0.2, 0.25) is 10.0 Å². The fourth-order valence-corrected chi connectivity index (χ4v) is 5.04. The Balaban J connectivity index is 1.70. The van der Waals surface area contributed by atoms with Crippen molar-refractivity contribution < 1.29 is 22.4 Å². The minimum Gasteiger partial charge on any atom is -0.466 e. The minimum atomic E-state index is -3.94. The number of carbonyl (C=O) groups is 1. The van der Waals surface area contributed by atoms with Gasteiger partial charge in [0.25, 0.3) is 5.91 Å². The molecule has 31 heavy (non-hydrogen) atoms. The van der Waals surface area contributed by atoms with Crippen molar-refractivity contribution >= 4 is 21.6 Å². The fraction of sp³-hybridized carbons (Fsp3) is 0.500. The lowest BCUT2D eigenvalue weighted by Crippen LogP contribution is -2.39. The highest BCUT2D eigenvalue weighted by atomic mass is 32.2. The first-order chi connectivity index (χ1) is 14.5. The molecule has 3 N–H and O–H groups in total. The Hall–Kier alpha value is -2.36. The van der Waals surface area contributed by atoms with Crippen molar-refractivity contribution in [3.05, 3.63) is 46.9 Å². The van der Waals surface area contributed by atoms with E-state index >= 15 is 0 Å². The van der Waals surface area contributed by atoms with Gasteiger partial charge in [-0.25, -0.2) is 13.6 Å². The summed E-state index contributed by atoms with van der Waals surface area (Å²) in [5.74, 6) is 1.37. The summed E-state index contributed by atoms with van der Waals surface area (Å²) in [6, 6.07) is 6.21. The Bertz CT molecular complexity index is 1100. The predicted octanol–water partition coefficient (Wildman–Crippen LogP) is 2.52. The normalized spacial score (nSPS) is 20.9. The first-order valence-corrected chi connectivity index (χ1v) is 12.0. The maximum Gasteiger partial charge on any atom is 0.253 e. The van der Waals surface area contributed by atoms with Crippen LogP contribution >= 0.6 is 0 Å². The van der Waals surface area contributed by atoms with E-state index < -0.39 is 10.0 Å². The molecule has 1 saturated heterocycles. The smallest absolute Gasteiger partial charge is 0.253 e. The van der Waals surface area contributed by atoms with Crippen LogP contribution in [0.3, 0.4) is 0 Å². The molecule has 1 aliphatic carbocycles. The van der Waals surface area contributed by atoms with Gasteiger partial charge in [-0.2, -0.15) is 0 Å². The number of nitrogens with zero attached hydrogens (tertiary/aromatic N) is 1.